The molecule has 0 spiro atoms. The van der Waals surface area contributed by atoms with Crippen molar-refractivity contribution in [2.24, 2.45) is 0 Å². The van der Waals surface area contributed by atoms with E-state index in [-0.39, 0.29) is 11.3 Å². The Morgan fingerprint density at radius 1 is 1.19 bits per heavy atom. The number of rotatable bonds is 5. The zero-order valence-corrected chi connectivity index (χ0v) is 14.2. The van der Waals surface area contributed by atoms with E-state index in [4.69, 9.17) is 14.2 Å². The van der Waals surface area contributed by atoms with Crippen LogP contribution in [0.15, 0.2) is 24.3 Å². The molecular weight excluding hydrogens is 344 g/mol. The Morgan fingerprint density at radius 2 is 1.96 bits per heavy atom. The molecule has 5 atom stereocenters. The normalized spacial score (nSPS) is 32.4. The van der Waals surface area contributed by atoms with Crippen LogP contribution < -0.4 is 4.74 Å². The smallest absolute Gasteiger partial charge is 0.348 e. The molecule has 1 aromatic rings. The quantitative estimate of drug-likeness (QED) is 0.544. The number of unbranched alkanes of at least 4 members (excludes halogenated alkanes) is 1. The number of esters is 1. The molecule has 2 heterocycles. The summed E-state index contributed by atoms with van der Waals surface area (Å²) in [5.74, 6) is -0.00891. The number of hydrogen-bond acceptors (Lipinski definition) is 8. The second kappa shape index (κ2) is 7.73. The molecule has 0 saturated carbocycles. The van der Waals surface area contributed by atoms with Gasteiger partial charge in [0, 0.05) is 5.56 Å². The fraction of sp³-hybridized carbons (Fsp3) is 0.500. The first kappa shape index (κ1) is 18.8. The third-order valence-electron chi connectivity index (χ3n) is 4.41. The average Bonchev–Trinajstić information content (AvgIpc) is 2.97. The number of cyclic esters (lactones) is 1. The SMILES string of the molecule is CCC/C=C1/OC(=O)c2c(OC3OC(CO)C(O)C(O)C3O)cccc21. The van der Waals surface area contributed by atoms with Gasteiger partial charge in [0.2, 0.25) is 6.29 Å². The maximum atomic E-state index is 12.2. The Morgan fingerprint density at radius 3 is 2.65 bits per heavy atom. The highest BCUT2D eigenvalue weighted by Gasteiger charge is 2.45. The Hall–Kier alpha value is -1.97. The van der Waals surface area contributed by atoms with Crippen LogP contribution in [0.25, 0.3) is 5.76 Å². The van der Waals surface area contributed by atoms with Gasteiger partial charge in [0.1, 0.15) is 41.5 Å². The van der Waals surface area contributed by atoms with Gasteiger partial charge >= 0.3 is 5.97 Å². The third kappa shape index (κ3) is 3.34. The number of carbonyl (C=O) groups excluding carboxylic acids is 1. The molecule has 142 valence electrons. The molecule has 0 aromatic heterocycles. The van der Waals surface area contributed by atoms with Gasteiger partial charge in [-0.05, 0) is 18.6 Å². The number of aliphatic hydroxyl groups excluding tert-OH is 4. The molecule has 0 amide bonds. The first-order valence-corrected chi connectivity index (χ1v) is 8.50. The van der Waals surface area contributed by atoms with E-state index in [2.05, 4.69) is 0 Å². The summed E-state index contributed by atoms with van der Waals surface area (Å²) in [4.78, 5) is 12.2. The van der Waals surface area contributed by atoms with Crippen LogP contribution in [0, 0.1) is 0 Å². The summed E-state index contributed by atoms with van der Waals surface area (Å²) in [5, 5.41) is 39.0. The summed E-state index contributed by atoms with van der Waals surface area (Å²) in [7, 11) is 0. The summed E-state index contributed by atoms with van der Waals surface area (Å²) >= 11 is 0. The first-order valence-electron chi connectivity index (χ1n) is 8.50. The lowest BCUT2D eigenvalue weighted by Crippen LogP contribution is -2.60. The molecule has 2 aliphatic rings. The number of ether oxygens (including phenoxy) is 3. The average molecular weight is 366 g/mol. The highest BCUT2D eigenvalue weighted by molar-refractivity contribution is 6.05. The van der Waals surface area contributed by atoms with Crippen molar-refractivity contribution in [3.8, 4) is 5.75 Å². The maximum absolute atomic E-state index is 12.2. The van der Waals surface area contributed by atoms with Crippen molar-refractivity contribution in [2.45, 2.75) is 50.5 Å². The lowest BCUT2D eigenvalue weighted by Gasteiger charge is -2.39. The molecule has 3 rings (SSSR count). The summed E-state index contributed by atoms with van der Waals surface area (Å²) < 4.78 is 16.2. The molecular formula is C18H22O8. The van der Waals surface area contributed by atoms with Crippen LogP contribution in [0.3, 0.4) is 0 Å². The van der Waals surface area contributed by atoms with E-state index in [9.17, 15) is 25.2 Å². The van der Waals surface area contributed by atoms with Crippen LogP contribution in [-0.4, -0.2) is 63.7 Å². The van der Waals surface area contributed by atoms with Gasteiger partial charge in [-0.3, -0.25) is 0 Å². The van der Waals surface area contributed by atoms with Crippen molar-refractivity contribution in [3.05, 3.63) is 35.4 Å². The number of allylic oxidation sites excluding steroid dienone is 1. The monoisotopic (exact) mass is 366 g/mol. The predicted molar refractivity (Wildman–Crippen MR) is 89.1 cm³/mol. The van der Waals surface area contributed by atoms with Gasteiger partial charge in [0.15, 0.2) is 0 Å². The van der Waals surface area contributed by atoms with Gasteiger partial charge < -0.3 is 34.6 Å². The van der Waals surface area contributed by atoms with Gasteiger partial charge in [-0.15, -0.1) is 0 Å². The predicted octanol–water partition coefficient (Wildman–Crippen LogP) is 0.177. The van der Waals surface area contributed by atoms with Crippen molar-refractivity contribution in [2.75, 3.05) is 6.61 Å². The van der Waals surface area contributed by atoms with Gasteiger partial charge in [-0.2, -0.15) is 0 Å². The summed E-state index contributed by atoms with van der Waals surface area (Å²) in [6, 6.07) is 4.91. The molecule has 0 aliphatic carbocycles. The maximum Gasteiger partial charge on any atom is 0.348 e. The third-order valence-corrected chi connectivity index (χ3v) is 4.41. The molecule has 2 aliphatic heterocycles. The number of hydrogen-bond donors (Lipinski definition) is 4. The summed E-state index contributed by atoms with van der Waals surface area (Å²) in [5.41, 5.74) is 0.775. The minimum Gasteiger partial charge on any atom is -0.461 e. The second-order valence-electron chi connectivity index (χ2n) is 6.24. The number of aliphatic hydroxyl groups is 4. The summed E-state index contributed by atoms with van der Waals surface area (Å²) in [6.07, 6.45) is -3.59. The molecule has 1 saturated heterocycles. The number of benzene rings is 1. The molecule has 1 aromatic carbocycles. The standard InChI is InChI=1S/C18H22O8/c1-2-3-6-10-9-5-4-7-11(13(9)17(23)24-10)25-18-16(22)15(21)14(20)12(8-19)26-18/h4-7,12,14-16,18-22H,2-3,8H2,1H3/b10-6+. The highest BCUT2D eigenvalue weighted by Crippen LogP contribution is 2.37. The fourth-order valence-corrected chi connectivity index (χ4v) is 2.97. The second-order valence-corrected chi connectivity index (χ2v) is 6.24. The lowest BCUT2D eigenvalue weighted by atomic mass is 9.99. The number of carbonyl (C=O) groups is 1. The van der Waals surface area contributed by atoms with Crippen LogP contribution in [0.2, 0.25) is 0 Å². The molecule has 4 N–H and O–H groups in total. The lowest BCUT2D eigenvalue weighted by molar-refractivity contribution is -0.277. The first-order chi connectivity index (χ1) is 12.5. The molecule has 1 fully saturated rings. The highest BCUT2D eigenvalue weighted by atomic mass is 16.7. The van der Waals surface area contributed by atoms with Crippen molar-refractivity contribution >= 4 is 11.7 Å². The van der Waals surface area contributed by atoms with E-state index in [1.54, 1.807) is 12.1 Å². The van der Waals surface area contributed by atoms with Crippen LogP contribution in [0.5, 0.6) is 5.75 Å². The Bertz CT molecular complexity index is 698. The van der Waals surface area contributed by atoms with Gasteiger partial charge in [-0.25, -0.2) is 4.79 Å². The van der Waals surface area contributed by atoms with Crippen LogP contribution in [0.1, 0.15) is 35.7 Å². The topological polar surface area (TPSA) is 126 Å². The largest absolute Gasteiger partial charge is 0.461 e. The van der Waals surface area contributed by atoms with Crippen molar-refractivity contribution < 1.29 is 39.4 Å². The van der Waals surface area contributed by atoms with E-state index < -0.39 is 43.3 Å². The van der Waals surface area contributed by atoms with Crippen molar-refractivity contribution in [3.63, 3.8) is 0 Å². The minimum atomic E-state index is -1.56. The van der Waals surface area contributed by atoms with Crippen LogP contribution in [0.4, 0.5) is 0 Å². The van der Waals surface area contributed by atoms with Crippen LogP contribution >= 0.6 is 0 Å². The molecule has 5 unspecified atom stereocenters. The van der Waals surface area contributed by atoms with Crippen molar-refractivity contribution in [1.82, 2.24) is 0 Å². The zero-order chi connectivity index (χ0) is 18.8. The van der Waals surface area contributed by atoms with Crippen molar-refractivity contribution in [1.29, 1.82) is 0 Å². The van der Waals surface area contributed by atoms with E-state index in [0.717, 1.165) is 12.8 Å². The Balaban J connectivity index is 1.88. The van der Waals surface area contributed by atoms with Gasteiger partial charge in [0.05, 0.1) is 6.61 Å². The molecule has 0 radical (unpaired) electrons. The van der Waals surface area contributed by atoms with E-state index in [0.29, 0.717) is 11.3 Å². The van der Waals surface area contributed by atoms with E-state index >= 15 is 0 Å². The number of fused-ring (bicyclic) bond motifs is 1. The van der Waals surface area contributed by atoms with E-state index in [1.165, 1.54) is 6.07 Å². The Kier molecular flexibility index (Phi) is 5.59. The van der Waals surface area contributed by atoms with Gasteiger partial charge in [0.25, 0.3) is 0 Å². The Labute approximate surface area is 150 Å². The van der Waals surface area contributed by atoms with E-state index in [1.807, 2.05) is 13.0 Å². The minimum absolute atomic E-state index is 0.122. The van der Waals surface area contributed by atoms with Crippen LogP contribution in [-0.2, 0) is 9.47 Å². The molecule has 26 heavy (non-hydrogen) atoms. The fourth-order valence-electron chi connectivity index (χ4n) is 2.97. The molecule has 8 heteroatoms. The zero-order valence-electron chi connectivity index (χ0n) is 14.2. The molecule has 8 nitrogen and oxygen atoms in total. The summed E-state index contributed by atoms with van der Waals surface area (Å²) in [6.45, 7) is 1.44. The molecule has 0 bridgehead atoms. The van der Waals surface area contributed by atoms with Gasteiger partial charge in [-0.1, -0.05) is 25.5 Å².